The molecule has 0 saturated carbocycles. The highest BCUT2D eigenvalue weighted by atomic mass is 19.1. The molecule has 0 spiro atoms. The van der Waals surface area contributed by atoms with Crippen molar-refractivity contribution in [2.45, 2.75) is 58.2 Å². The maximum Gasteiger partial charge on any atom is 0.247 e. The first kappa shape index (κ1) is 26.6. The molecule has 3 amide bonds. The minimum Gasteiger partial charge on any atom is -0.467 e. The van der Waals surface area contributed by atoms with Gasteiger partial charge < -0.3 is 20.0 Å². The third kappa shape index (κ3) is 7.49. The SMILES string of the molecule is CCC(C)(C)NC(=O)[C@@H](c1ccc(F)cc1)N(Cc1ccco1)C(=O)CCC(=O)Nc1ccccn1. The number of nitrogens with one attached hydrogen (secondary N) is 2. The van der Waals surface area contributed by atoms with E-state index in [0.29, 0.717) is 23.6 Å². The Morgan fingerprint density at radius 1 is 1.06 bits per heavy atom. The van der Waals surface area contributed by atoms with E-state index >= 15 is 0 Å². The Kier molecular flexibility index (Phi) is 8.94. The molecule has 190 valence electrons. The number of pyridine rings is 1. The highest BCUT2D eigenvalue weighted by Gasteiger charge is 2.34. The predicted octanol–water partition coefficient (Wildman–Crippen LogP) is 4.61. The zero-order chi connectivity index (χ0) is 26.1. The van der Waals surface area contributed by atoms with Crippen LogP contribution in [0.4, 0.5) is 10.2 Å². The zero-order valence-electron chi connectivity index (χ0n) is 20.7. The first-order valence-corrected chi connectivity index (χ1v) is 11.8. The molecular weight excluding hydrogens is 463 g/mol. The number of halogens is 1. The molecule has 0 fully saturated rings. The Labute approximate surface area is 209 Å². The molecule has 3 aromatic rings. The van der Waals surface area contributed by atoms with Crippen LogP contribution in [0.25, 0.3) is 0 Å². The quantitative estimate of drug-likeness (QED) is 0.405. The second-order valence-corrected chi connectivity index (χ2v) is 9.04. The van der Waals surface area contributed by atoms with Crippen LogP contribution in [0.15, 0.2) is 71.5 Å². The molecule has 8 nitrogen and oxygen atoms in total. The van der Waals surface area contributed by atoms with Gasteiger partial charge in [-0.3, -0.25) is 14.4 Å². The minimum atomic E-state index is -1.06. The summed E-state index contributed by atoms with van der Waals surface area (Å²) in [6.45, 7) is 5.70. The number of aromatic nitrogens is 1. The second kappa shape index (κ2) is 12.1. The molecule has 0 radical (unpaired) electrons. The molecule has 1 atom stereocenters. The number of carbonyl (C=O) groups excluding carboxylic acids is 3. The predicted molar refractivity (Wildman–Crippen MR) is 133 cm³/mol. The average molecular weight is 495 g/mol. The Hall–Kier alpha value is -4.01. The van der Waals surface area contributed by atoms with Gasteiger partial charge in [0.15, 0.2) is 0 Å². The lowest BCUT2D eigenvalue weighted by molar-refractivity contribution is -0.143. The van der Waals surface area contributed by atoms with E-state index in [9.17, 15) is 18.8 Å². The van der Waals surface area contributed by atoms with Crippen LogP contribution in [-0.2, 0) is 20.9 Å². The maximum atomic E-state index is 13.7. The summed E-state index contributed by atoms with van der Waals surface area (Å²) in [5.74, 6) is -0.826. The van der Waals surface area contributed by atoms with Gasteiger partial charge in [0.05, 0.1) is 12.8 Å². The van der Waals surface area contributed by atoms with Crippen molar-refractivity contribution < 1.29 is 23.2 Å². The van der Waals surface area contributed by atoms with E-state index in [4.69, 9.17) is 4.42 Å². The fraction of sp³-hybridized carbons (Fsp3) is 0.333. The van der Waals surface area contributed by atoms with Gasteiger partial charge in [-0.15, -0.1) is 0 Å². The summed E-state index contributed by atoms with van der Waals surface area (Å²) in [5.41, 5.74) is -0.0872. The van der Waals surface area contributed by atoms with Crippen molar-refractivity contribution in [1.29, 1.82) is 0 Å². The van der Waals surface area contributed by atoms with Gasteiger partial charge in [-0.2, -0.15) is 0 Å². The van der Waals surface area contributed by atoms with Gasteiger partial charge in [-0.25, -0.2) is 9.37 Å². The van der Waals surface area contributed by atoms with E-state index in [2.05, 4.69) is 15.6 Å². The molecular formula is C27H31FN4O4. The number of amides is 3. The van der Waals surface area contributed by atoms with Crippen molar-refractivity contribution in [2.75, 3.05) is 5.32 Å². The summed E-state index contributed by atoms with van der Waals surface area (Å²) >= 11 is 0. The minimum absolute atomic E-state index is 0.00426. The van der Waals surface area contributed by atoms with Gasteiger partial charge in [-0.1, -0.05) is 25.1 Å². The molecule has 0 saturated heterocycles. The van der Waals surface area contributed by atoms with Crippen LogP contribution < -0.4 is 10.6 Å². The summed E-state index contributed by atoms with van der Waals surface area (Å²) in [5, 5.41) is 5.64. The van der Waals surface area contributed by atoms with Crippen LogP contribution >= 0.6 is 0 Å². The summed E-state index contributed by atoms with van der Waals surface area (Å²) in [6.07, 6.45) is 3.43. The number of hydrogen-bond donors (Lipinski definition) is 2. The van der Waals surface area contributed by atoms with Crippen molar-refractivity contribution in [3.05, 3.63) is 84.2 Å². The van der Waals surface area contributed by atoms with E-state index in [-0.39, 0.29) is 25.3 Å². The topological polar surface area (TPSA) is 105 Å². The summed E-state index contributed by atoms with van der Waals surface area (Å²) in [6, 6.07) is 12.9. The molecule has 1 aromatic carbocycles. The molecule has 9 heteroatoms. The molecule has 0 bridgehead atoms. The summed E-state index contributed by atoms with van der Waals surface area (Å²) < 4.78 is 19.1. The van der Waals surface area contributed by atoms with Gasteiger partial charge in [0.2, 0.25) is 17.7 Å². The highest BCUT2D eigenvalue weighted by Crippen LogP contribution is 2.27. The normalized spacial score (nSPS) is 12.0. The lowest BCUT2D eigenvalue weighted by atomic mass is 9.98. The van der Waals surface area contributed by atoms with E-state index in [1.54, 1.807) is 36.5 Å². The zero-order valence-corrected chi connectivity index (χ0v) is 20.7. The Morgan fingerprint density at radius 3 is 2.42 bits per heavy atom. The summed E-state index contributed by atoms with van der Waals surface area (Å²) in [4.78, 5) is 44.9. The molecule has 0 aliphatic carbocycles. The van der Waals surface area contributed by atoms with E-state index in [1.165, 1.54) is 35.4 Å². The standard InChI is InChI=1S/C27H31FN4O4/c1-4-27(2,3)31-26(35)25(19-10-12-20(28)13-11-19)32(18-21-8-7-17-36-21)24(34)15-14-23(33)30-22-9-5-6-16-29-22/h5-13,16-17,25H,4,14-15,18H2,1-3H3,(H,31,35)(H,29,30,33)/t25-/m1/s1. The van der Waals surface area contributed by atoms with E-state index < -0.39 is 29.2 Å². The van der Waals surface area contributed by atoms with Crippen LogP contribution in [0, 0.1) is 5.82 Å². The molecule has 36 heavy (non-hydrogen) atoms. The van der Waals surface area contributed by atoms with Gasteiger partial charge in [-0.05, 0) is 62.2 Å². The number of anilines is 1. The smallest absolute Gasteiger partial charge is 0.247 e. The molecule has 0 aliphatic rings. The van der Waals surface area contributed by atoms with Crippen molar-refractivity contribution >= 4 is 23.5 Å². The van der Waals surface area contributed by atoms with Gasteiger partial charge >= 0.3 is 0 Å². The molecule has 0 unspecified atom stereocenters. The first-order chi connectivity index (χ1) is 17.2. The van der Waals surface area contributed by atoms with Gasteiger partial charge in [0.1, 0.15) is 23.4 Å². The second-order valence-electron chi connectivity index (χ2n) is 9.04. The average Bonchev–Trinajstić information content (AvgIpc) is 3.37. The maximum absolute atomic E-state index is 13.7. The fourth-order valence-corrected chi connectivity index (χ4v) is 3.51. The van der Waals surface area contributed by atoms with Crippen molar-refractivity contribution in [1.82, 2.24) is 15.2 Å². The Bertz CT molecular complexity index is 1150. The van der Waals surface area contributed by atoms with Gasteiger partial charge in [0.25, 0.3) is 0 Å². The van der Waals surface area contributed by atoms with Crippen molar-refractivity contribution in [3.63, 3.8) is 0 Å². The Morgan fingerprint density at radius 2 is 1.81 bits per heavy atom. The molecule has 2 heterocycles. The summed E-state index contributed by atoms with van der Waals surface area (Å²) in [7, 11) is 0. The number of carbonyl (C=O) groups is 3. The fourth-order valence-electron chi connectivity index (χ4n) is 3.51. The monoisotopic (exact) mass is 494 g/mol. The lowest BCUT2D eigenvalue weighted by Gasteiger charge is -2.34. The van der Waals surface area contributed by atoms with Crippen LogP contribution in [0.2, 0.25) is 0 Å². The third-order valence-corrected chi connectivity index (χ3v) is 5.82. The van der Waals surface area contributed by atoms with Gasteiger partial charge in [0, 0.05) is 24.6 Å². The van der Waals surface area contributed by atoms with Crippen molar-refractivity contribution in [3.8, 4) is 0 Å². The molecule has 0 aliphatic heterocycles. The molecule has 2 N–H and O–H groups in total. The molecule has 3 rings (SSSR count). The number of benzene rings is 1. The lowest BCUT2D eigenvalue weighted by Crippen LogP contribution is -2.50. The number of furan rings is 1. The number of nitrogens with zero attached hydrogens (tertiary/aromatic N) is 2. The largest absolute Gasteiger partial charge is 0.467 e. The van der Waals surface area contributed by atoms with Crippen LogP contribution in [0.3, 0.4) is 0 Å². The van der Waals surface area contributed by atoms with E-state index in [0.717, 1.165) is 0 Å². The highest BCUT2D eigenvalue weighted by molar-refractivity contribution is 5.94. The van der Waals surface area contributed by atoms with E-state index in [1.807, 2.05) is 20.8 Å². The Balaban J connectivity index is 1.87. The van der Waals surface area contributed by atoms with Crippen molar-refractivity contribution in [2.24, 2.45) is 0 Å². The number of hydrogen-bond acceptors (Lipinski definition) is 5. The van der Waals surface area contributed by atoms with Crippen LogP contribution in [0.1, 0.15) is 57.4 Å². The molecule has 2 aromatic heterocycles. The first-order valence-electron chi connectivity index (χ1n) is 11.8. The number of rotatable bonds is 11. The van der Waals surface area contributed by atoms with Crippen LogP contribution in [-0.4, -0.2) is 33.1 Å². The third-order valence-electron chi connectivity index (χ3n) is 5.82. The van der Waals surface area contributed by atoms with Crippen LogP contribution in [0.5, 0.6) is 0 Å².